The summed E-state index contributed by atoms with van der Waals surface area (Å²) in [5, 5.41) is 28.0. The first kappa shape index (κ1) is 20.0. The van der Waals surface area contributed by atoms with Crippen molar-refractivity contribution in [3.8, 4) is 29.0 Å². The molecular formula is C22H19N5O4. The third-order valence-electron chi connectivity index (χ3n) is 4.99. The van der Waals surface area contributed by atoms with Gasteiger partial charge in [-0.1, -0.05) is 19.1 Å². The number of aromatic nitrogens is 2. The molecule has 4 rings (SSSR count). The standard InChI is InChI=1S/C22H19N5O4/c1-2-11-30-16-9-5-14(6-10-16)20-19-18(13-3-7-15(8-4-13)27(28)29)17(12-23)21(24)31-22(19)26-25-20/h3-10,18H,2,11,24H2,1H3,(H,25,26)/t18-/m0/s1. The summed E-state index contributed by atoms with van der Waals surface area (Å²) in [5.41, 5.74) is 8.95. The number of hydrogen-bond donors (Lipinski definition) is 2. The Morgan fingerprint density at radius 3 is 2.58 bits per heavy atom. The largest absolute Gasteiger partial charge is 0.494 e. The highest BCUT2D eigenvalue weighted by Crippen LogP contribution is 2.45. The molecule has 1 aliphatic heterocycles. The van der Waals surface area contributed by atoms with Gasteiger partial charge in [0.15, 0.2) is 0 Å². The average molecular weight is 417 g/mol. The van der Waals surface area contributed by atoms with Crippen LogP contribution in [0.5, 0.6) is 11.6 Å². The molecule has 0 aliphatic carbocycles. The van der Waals surface area contributed by atoms with Gasteiger partial charge >= 0.3 is 0 Å². The van der Waals surface area contributed by atoms with Gasteiger partial charge in [-0.3, -0.25) is 15.2 Å². The van der Waals surface area contributed by atoms with Crippen molar-refractivity contribution in [3.05, 3.63) is 81.2 Å². The van der Waals surface area contributed by atoms with E-state index in [1.54, 1.807) is 12.1 Å². The summed E-state index contributed by atoms with van der Waals surface area (Å²) >= 11 is 0. The van der Waals surface area contributed by atoms with Gasteiger partial charge in [0.2, 0.25) is 11.8 Å². The number of nitro groups is 1. The normalized spacial score (nSPS) is 15.0. The number of rotatable bonds is 6. The van der Waals surface area contributed by atoms with Crippen LogP contribution in [0.25, 0.3) is 11.3 Å². The van der Waals surface area contributed by atoms with Gasteiger partial charge in [0.25, 0.3) is 5.69 Å². The maximum Gasteiger partial charge on any atom is 0.269 e. The van der Waals surface area contributed by atoms with Gasteiger partial charge in [0, 0.05) is 17.7 Å². The number of nitrogens with zero attached hydrogens (tertiary/aromatic N) is 3. The van der Waals surface area contributed by atoms with Crippen molar-refractivity contribution in [2.24, 2.45) is 5.73 Å². The molecule has 9 heteroatoms. The van der Waals surface area contributed by atoms with Gasteiger partial charge in [-0.2, -0.15) is 5.26 Å². The smallest absolute Gasteiger partial charge is 0.269 e. The highest BCUT2D eigenvalue weighted by atomic mass is 16.6. The molecule has 0 fully saturated rings. The fraction of sp³-hybridized carbons (Fsp3) is 0.182. The van der Waals surface area contributed by atoms with Crippen molar-refractivity contribution >= 4 is 5.69 Å². The number of nitrogens with one attached hydrogen (secondary N) is 1. The Balaban J connectivity index is 1.80. The zero-order chi connectivity index (χ0) is 22.0. The molecule has 31 heavy (non-hydrogen) atoms. The van der Waals surface area contributed by atoms with E-state index in [1.165, 1.54) is 12.1 Å². The van der Waals surface area contributed by atoms with E-state index in [0.717, 1.165) is 17.7 Å². The molecule has 3 aromatic rings. The van der Waals surface area contributed by atoms with Crippen LogP contribution in [0.2, 0.25) is 0 Å². The molecule has 1 atom stereocenters. The molecule has 0 radical (unpaired) electrons. The second-order valence-electron chi connectivity index (χ2n) is 6.96. The zero-order valence-electron chi connectivity index (χ0n) is 16.7. The molecule has 0 unspecified atom stereocenters. The molecule has 1 aliphatic rings. The Labute approximate surface area is 177 Å². The van der Waals surface area contributed by atoms with Crippen LogP contribution in [0.4, 0.5) is 5.69 Å². The lowest BCUT2D eigenvalue weighted by molar-refractivity contribution is -0.384. The van der Waals surface area contributed by atoms with Crippen LogP contribution in [-0.2, 0) is 0 Å². The monoisotopic (exact) mass is 417 g/mol. The van der Waals surface area contributed by atoms with Crippen molar-refractivity contribution in [2.45, 2.75) is 19.3 Å². The molecular weight excluding hydrogens is 398 g/mol. The lowest BCUT2D eigenvalue weighted by Crippen LogP contribution is -2.21. The number of non-ortho nitro benzene ring substituents is 1. The Morgan fingerprint density at radius 1 is 1.26 bits per heavy atom. The van der Waals surface area contributed by atoms with Gasteiger partial charge in [-0.05, 0) is 36.2 Å². The summed E-state index contributed by atoms with van der Waals surface area (Å²) in [6, 6.07) is 15.6. The van der Waals surface area contributed by atoms with E-state index < -0.39 is 10.8 Å². The average Bonchev–Trinajstić information content (AvgIpc) is 3.20. The summed E-state index contributed by atoms with van der Waals surface area (Å²) in [6.07, 6.45) is 0.911. The van der Waals surface area contributed by atoms with Crippen LogP contribution in [0.1, 0.15) is 30.4 Å². The lowest BCUT2D eigenvalue weighted by Gasteiger charge is -2.24. The van der Waals surface area contributed by atoms with Crippen molar-refractivity contribution in [1.29, 1.82) is 5.26 Å². The van der Waals surface area contributed by atoms with Gasteiger partial charge in [-0.15, -0.1) is 5.10 Å². The van der Waals surface area contributed by atoms with Crippen molar-refractivity contribution in [3.63, 3.8) is 0 Å². The van der Waals surface area contributed by atoms with Gasteiger partial charge in [0.1, 0.15) is 17.4 Å². The van der Waals surface area contributed by atoms with Crippen LogP contribution in [-0.4, -0.2) is 21.7 Å². The molecule has 2 aromatic carbocycles. The van der Waals surface area contributed by atoms with E-state index in [9.17, 15) is 15.4 Å². The summed E-state index contributed by atoms with van der Waals surface area (Å²) < 4.78 is 11.2. The van der Waals surface area contributed by atoms with E-state index in [1.807, 2.05) is 31.2 Å². The topological polar surface area (TPSA) is 140 Å². The maximum atomic E-state index is 11.0. The minimum Gasteiger partial charge on any atom is -0.494 e. The minimum atomic E-state index is -0.584. The van der Waals surface area contributed by atoms with Gasteiger partial charge < -0.3 is 15.2 Å². The number of benzene rings is 2. The second kappa shape index (κ2) is 8.20. The highest BCUT2D eigenvalue weighted by molar-refractivity contribution is 5.71. The molecule has 0 spiro atoms. The zero-order valence-corrected chi connectivity index (χ0v) is 16.7. The van der Waals surface area contributed by atoms with Crippen LogP contribution in [0.3, 0.4) is 0 Å². The Bertz CT molecular complexity index is 1190. The van der Waals surface area contributed by atoms with Gasteiger partial charge in [0.05, 0.1) is 28.7 Å². The van der Waals surface area contributed by atoms with Crippen LogP contribution >= 0.6 is 0 Å². The van der Waals surface area contributed by atoms with Crippen LogP contribution in [0.15, 0.2) is 60.0 Å². The molecule has 0 amide bonds. The van der Waals surface area contributed by atoms with E-state index >= 15 is 0 Å². The third-order valence-corrected chi connectivity index (χ3v) is 4.99. The number of nitrogens with two attached hydrogens (primary N) is 1. The van der Waals surface area contributed by atoms with Crippen molar-refractivity contribution in [2.75, 3.05) is 6.61 Å². The van der Waals surface area contributed by atoms with E-state index in [4.69, 9.17) is 15.2 Å². The van der Waals surface area contributed by atoms with Crippen molar-refractivity contribution in [1.82, 2.24) is 10.2 Å². The molecule has 156 valence electrons. The SMILES string of the molecule is CCCOc1ccc(-c2[nH]nc3c2[C@@H](c2ccc([N+](=O)[O-])cc2)C(C#N)=C(N)O3)cc1. The number of allylic oxidation sites excluding steroid dienone is 1. The fourth-order valence-electron chi connectivity index (χ4n) is 3.52. The first-order chi connectivity index (χ1) is 15.0. The number of H-pyrrole nitrogens is 1. The predicted molar refractivity (Wildman–Crippen MR) is 112 cm³/mol. The van der Waals surface area contributed by atoms with E-state index in [0.29, 0.717) is 23.4 Å². The highest BCUT2D eigenvalue weighted by Gasteiger charge is 2.35. The Kier molecular flexibility index (Phi) is 5.28. The van der Waals surface area contributed by atoms with Crippen LogP contribution < -0.4 is 15.2 Å². The first-order valence-electron chi connectivity index (χ1n) is 9.67. The fourth-order valence-corrected chi connectivity index (χ4v) is 3.52. The number of aromatic amines is 1. The van der Waals surface area contributed by atoms with E-state index in [-0.39, 0.29) is 23.0 Å². The Hall–Kier alpha value is -4.32. The summed E-state index contributed by atoms with van der Waals surface area (Å²) in [5.74, 6) is 0.393. The maximum absolute atomic E-state index is 11.0. The summed E-state index contributed by atoms with van der Waals surface area (Å²) in [6.45, 7) is 2.67. The minimum absolute atomic E-state index is 0.0402. The van der Waals surface area contributed by atoms with Gasteiger partial charge in [-0.25, -0.2) is 0 Å². The third kappa shape index (κ3) is 3.67. The number of nitriles is 1. The molecule has 0 saturated carbocycles. The number of fused-ring (bicyclic) bond motifs is 1. The van der Waals surface area contributed by atoms with Crippen LogP contribution in [0, 0.1) is 21.4 Å². The quantitative estimate of drug-likeness (QED) is 0.456. The molecule has 3 N–H and O–H groups in total. The summed E-state index contributed by atoms with van der Waals surface area (Å²) in [4.78, 5) is 10.6. The predicted octanol–water partition coefficient (Wildman–Crippen LogP) is 3.99. The molecule has 9 nitrogen and oxygen atoms in total. The Morgan fingerprint density at radius 2 is 1.97 bits per heavy atom. The van der Waals surface area contributed by atoms with E-state index in [2.05, 4.69) is 16.3 Å². The number of hydrogen-bond acceptors (Lipinski definition) is 7. The molecule has 0 saturated heterocycles. The van der Waals surface area contributed by atoms with Crippen molar-refractivity contribution < 1.29 is 14.4 Å². The number of nitro benzene ring substituents is 1. The summed E-state index contributed by atoms with van der Waals surface area (Å²) in [7, 11) is 0. The second-order valence-corrected chi connectivity index (χ2v) is 6.96. The molecule has 0 bridgehead atoms. The number of ether oxygens (including phenoxy) is 2. The first-order valence-corrected chi connectivity index (χ1v) is 9.67. The molecule has 2 heterocycles. The lowest BCUT2D eigenvalue weighted by atomic mass is 9.83. The molecule has 1 aromatic heterocycles.